The summed E-state index contributed by atoms with van der Waals surface area (Å²) in [7, 11) is 0. The minimum Gasteiger partial charge on any atom is -0.302 e. The summed E-state index contributed by atoms with van der Waals surface area (Å²) in [6, 6.07) is 9.94. The lowest BCUT2D eigenvalue weighted by molar-refractivity contribution is -0.833. The Morgan fingerprint density at radius 1 is 0.259 bits per heavy atom. The maximum atomic E-state index is 2.50. The van der Waals surface area contributed by atoms with Crippen LogP contribution in [0.3, 0.4) is 0 Å². The summed E-state index contributed by atoms with van der Waals surface area (Å²) in [5, 5.41) is 0. The third kappa shape index (κ3) is 35.6. The number of hydrogen-bond acceptors (Lipinski definition) is 0. The van der Waals surface area contributed by atoms with E-state index in [4.69, 9.17) is 0 Å². The second-order valence-corrected chi connectivity index (χ2v) is 18.0. The van der Waals surface area contributed by atoms with Crippen LogP contribution in [0.1, 0.15) is 290 Å². The molecule has 0 bridgehead atoms. The lowest BCUT2D eigenvalue weighted by atomic mass is 10.0. The predicted molar refractivity (Wildman–Crippen MR) is 247 cm³/mol. The molecule has 0 aliphatic carbocycles. The molecule has 0 aliphatic rings. The van der Waals surface area contributed by atoms with E-state index in [9.17, 15) is 0 Å². The third-order valence-electron chi connectivity index (χ3n) is 12.6. The van der Waals surface area contributed by atoms with Crippen LogP contribution in [0.15, 0.2) is 24.3 Å². The second-order valence-electron chi connectivity index (χ2n) is 18.0. The molecule has 0 radical (unpaired) electrons. The van der Waals surface area contributed by atoms with E-state index in [0.29, 0.717) is 0 Å². The molecule has 0 aromatic heterocycles. The molecule has 0 heterocycles. The Morgan fingerprint density at radius 3 is 0.741 bits per heavy atom. The molecular weight excluding hydrogens is 651 g/mol. The average Bonchev–Trinajstić information content (AvgIpc) is 3.19. The Bertz CT molecular complexity index is 777. The number of rotatable bonds is 45. The van der Waals surface area contributed by atoms with Crippen molar-refractivity contribution in [3.8, 4) is 0 Å². The van der Waals surface area contributed by atoms with E-state index < -0.39 is 0 Å². The smallest absolute Gasteiger partial charge is 0.131 e. The van der Waals surface area contributed by atoms with E-state index in [-0.39, 0.29) is 0 Å². The fourth-order valence-corrected chi connectivity index (χ4v) is 8.73. The molecule has 1 nitrogen and oxygen atoms in total. The largest absolute Gasteiger partial charge is 0.302 e. The summed E-state index contributed by atoms with van der Waals surface area (Å²) in [6.07, 6.45) is 60.6. The molecule has 1 aromatic carbocycles. The topological polar surface area (TPSA) is 4.44 Å². The van der Waals surface area contributed by atoms with Crippen molar-refractivity contribution in [1.29, 1.82) is 0 Å². The quantitative estimate of drug-likeness (QED) is 0.0633. The van der Waals surface area contributed by atoms with Gasteiger partial charge < -0.3 is 4.90 Å². The zero-order chi connectivity index (χ0) is 38.7. The molecule has 1 N–H and O–H groups in total. The molecule has 0 amide bonds. The maximum absolute atomic E-state index is 2.50. The molecule has 0 fully saturated rings. The lowest BCUT2D eigenvalue weighted by Crippen LogP contribution is -3.07. The van der Waals surface area contributed by atoms with Gasteiger partial charge in [0.05, 0.1) is 13.1 Å². The highest BCUT2D eigenvalue weighted by Crippen LogP contribution is 2.17. The normalized spacial score (nSPS) is 11.7. The first kappa shape index (κ1) is 51.2. The zero-order valence-corrected chi connectivity index (χ0v) is 37.9. The number of hydrogen-bond donors (Lipinski definition) is 1. The van der Waals surface area contributed by atoms with Gasteiger partial charge in [-0.05, 0) is 56.2 Å². The summed E-state index contributed by atoms with van der Waals surface area (Å²) in [4.78, 5) is 1.76. The number of aryl methyl sites for hydroxylation is 1. The molecule has 54 heavy (non-hydrogen) atoms. The van der Waals surface area contributed by atoms with Gasteiger partial charge in [0.15, 0.2) is 0 Å². The maximum Gasteiger partial charge on any atom is 0.131 e. The van der Waals surface area contributed by atoms with Crippen molar-refractivity contribution in [1.82, 2.24) is 0 Å². The molecule has 0 aliphatic heterocycles. The summed E-state index contributed by atoms with van der Waals surface area (Å²) >= 11 is 0. The first-order chi connectivity index (χ1) is 26.8. The molecule has 0 saturated carbocycles. The molecule has 0 spiro atoms. The molecule has 0 unspecified atom stereocenters. The van der Waals surface area contributed by atoms with Crippen LogP contribution in [0.4, 0.5) is 5.69 Å². The summed E-state index contributed by atoms with van der Waals surface area (Å²) in [5.41, 5.74) is 3.12. The van der Waals surface area contributed by atoms with E-state index in [1.165, 1.54) is 283 Å². The highest BCUT2D eigenvalue weighted by Gasteiger charge is 2.12. The van der Waals surface area contributed by atoms with Crippen LogP contribution < -0.4 is 4.90 Å². The van der Waals surface area contributed by atoms with E-state index in [1.54, 1.807) is 16.2 Å². The predicted octanol–water partition coefficient (Wildman–Crippen LogP) is 17.8. The van der Waals surface area contributed by atoms with Gasteiger partial charge in [0.25, 0.3) is 0 Å². The van der Waals surface area contributed by atoms with Crippen molar-refractivity contribution in [2.45, 2.75) is 290 Å². The van der Waals surface area contributed by atoms with Crippen LogP contribution in [0.25, 0.3) is 0 Å². The van der Waals surface area contributed by atoms with Crippen LogP contribution >= 0.6 is 0 Å². The van der Waals surface area contributed by atoms with Crippen LogP contribution in [0.5, 0.6) is 0 Å². The van der Waals surface area contributed by atoms with Crippen LogP contribution in [-0.4, -0.2) is 13.1 Å². The minimum atomic E-state index is 1.27. The summed E-state index contributed by atoms with van der Waals surface area (Å²) in [6.45, 7) is 9.60. The standard InChI is InChI=1S/C53H101N/c1-4-7-10-13-16-19-21-23-25-27-29-31-34-37-40-43-50-54(51-44-41-38-35-32-30-28-26-24-22-20-17-14-11-8-5-2)53-48-46-52(47-49-53)45-42-39-36-33-18-15-12-9-6-3/h46-49H,4-45,50-51H2,1-3H3/p+1. The number of nitrogens with one attached hydrogen (secondary N) is 1. The van der Waals surface area contributed by atoms with Crippen molar-refractivity contribution in [3.05, 3.63) is 29.8 Å². The third-order valence-corrected chi connectivity index (χ3v) is 12.6. The van der Waals surface area contributed by atoms with E-state index in [0.717, 1.165) is 0 Å². The fourth-order valence-electron chi connectivity index (χ4n) is 8.73. The van der Waals surface area contributed by atoms with Crippen molar-refractivity contribution >= 4 is 5.69 Å². The van der Waals surface area contributed by atoms with E-state index in [1.807, 2.05) is 0 Å². The Balaban J connectivity index is 2.25. The number of quaternary nitrogens is 1. The monoisotopic (exact) mass is 753 g/mol. The van der Waals surface area contributed by atoms with Gasteiger partial charge in [0.1, 0.15) is 5.69 Å². The average molecular weight is 753 g/mol. The Hall–Kier alpha value is -0.820. The van der Waals surface area contributed by atoms with Crippen LogP contribution in [0, 0.1) is 0 Å². The SMILES string of the molecule is CCCCCCCCCCCCCCCCCC[NH+](CCCCCCCCCCCCCCCCCC)c1ccc(CCCCCCCCCCC)cc1. The molecule has 1 rings (SSSR count). The minimum absolute atomic E-state index is 1.27. The molecule has 0 atom stereocenters. The van der Waals surface area contributed by atoms with Gasteiger partial charge in [0, 0.05) is 0 Å². The number of benzene rings is 1. The Kier molecular flexibility index (Phi) is 41.1. The highest BCUT2D eigenvalue weighted by molar-refractivity contribution is 5.32. The number of unbranched alkanes of at least 4 members (excludes halogenated alkanes) is 38. The lowest BCUT2D eigenvalue weighted by Gasteiger charge is -2.20. The van der Waals surface area contributed by atoms with Gasteiger partial charge >= 0.3 is 0 Å². The van der Waals surface area contributed by atoms with Gasteiger partial charge in [-0.3, -0.25) is 0 Å². The molecule has 318 valence electrons. The zero-order valence-electron chi connectivity index (χ0n) is 37.9. The van der Waals surface area contributed by atoms with E-state index >= 15 is 0 Å². The molecule has 1 heteroatoms. The van der Waals surface area contributed by atoms with Crippen molar-refractivity contribution in [2.75, 3.05) is 13.1 Å². The van der Waals surface area contributed by atoms with Gasteiger partial charge in [-0.25, -0.2) is 0 Å². The van der Waals surface area contributed by atoms with Gasteiger partial charge in [-0.2, -0.15) is 0 Å². The van der Waals surface area contributed by atoms with Crippen LogP contribution in [0.2, 0.25) is 0 Å². The van der Waals surface area contributed by atoms with Crippen LogP contribution in [-0.2, 0) is 6.42 Å². The fraction of sp³-hybridized carbons (Fsp3) is 0.887. The van der Waals surface area contributed by atoms with Crippen molar-refractivity contribution in [2.24, 2.45) is 0 Å². The Labute approximate surface area is 342 Å². The van der Waals surface area contributed by atoms with Crippen molar-refractivity contribution in [3.63, 3.8) is 0 Å². The van der Waals surface area contributed by atoms with Gasteiger partial charge in [-0.15, -0.1) is 0 Å². The van der Waals surface area contributed by atoms with E-state index in [2.05, 4.69) is 45.0 Å². The molecule has 0 saturated heterocycles. The Morgan fingerprint density at radius 2 is 0.481 bits per heavy atom. The highest BCUT2D eigenvalue weighted by atomic mass is 15.1. The van der Waals surface area contributed by atoms with Gasteiger partial charge in [0.2, 0.25) is 0 Å². The summed E-state index contributed by atoms with van der Waals surface area (Å²) in [5.74, 6) is 0. The van der Waals surface area contributed by atoms with Crippen molar-refractivity contribution < 1.29 is 4.90 Å². The second kappa shape index (κ2) is 43.3. The molecule has 1 aromatic rings. The first-order valence-corrected chi connectivity index (χ1v) is 25.8. The summed E-state index contributed by atoms with van der Waals surface area (Å²) < 4.78 is 0. The molecular formula is C53H102N+. The first-order valence-electron chi connectivity index (χ1n) is 25.8. The van der Waals surface area contributed by atoms with Gasteiger partial charge in [-0.1, -0.05) is 264 Å².